The van der Waals surface area contributed by atoms with Crippen LogP contribution in [0.5, 0.6) is 0 Å². The van der Waals surface area contributed by atoms with E-state index in [4.69, 9.17) is 5.73 Å². The second-order valence-corrected chi connectivity index (χ2v) is 4.34. The lowest BCUT2D eigenvalue weighted by atomic mass is 10.3. The van der Waals surface area contributed by atoms with Gasteiger partial charge in [-0.05, 0) is 11.6 Å². The standard InChI is InChI=1S/C12H11F3N4O2/c13-12(14,15)7-19-9(16)4-10(20)18(11(19)21)6-8-2-1-3-17-5-8/h1-5H,6-7,16H2. The van der Waals surface area contributed by atoms with Gasteiger partial charge in [0.1, 0.15) is 12.4 Å². The second kappa shape index (κ2) is 5.43. The van der Waals surface area contributed by atoms with Crippen LogP contribution in [0.1, 0.15) is 5.56 Å². The second-order valence-electron chi connectivity index (χ2n) is 4.34. The number of alkyl halides is 3. The van der Waals surface area contributed by atoms with Gasteiger partial charge in [-0.15, -0.1) is 0 Å². The topological polar surface area (TPSA) is 82.9 Å². The first-order valence-corrected chi connectivity index (χ1v) is 5.84. The smallest absolute Gasteiger partial charge is 0.385 e. The molecular formula is C12H11F3N4O2. The number of hydrogen-bond donors (Lipinski definition) is 1. The van der Waals surface area contributed by atoms with Gasteiger partial charge < -0.3 is 5.73 Å². The van der Waals surface area contributed by atoms with E-state index < -0.39 is 29.8 Å². The van der Waals surface area contributed by atoms with Crippen molar-refractivity contribution in [1.29, 1.82) is 0 Å². The molecule has 0 amide bonds. The zero-order chi connectivity index (χ0) is 15.6. The molecule has 112 valence electrons. The van der Waals surface area contributed by atoms with Crippen molar-refractivity contribution >= 4 is 5.82 Å². The van der Waals surface area contributed by atoms with Crippen LogP contribution in [-0.4, -0.2) is 20.3 Å². The first-order chi connectivity index (χ1) is 9.78. The number of nitrogens with zero attached hydrogens (tertiary/aromatic N) is 3. The minimum absolute atomic E-state index is 0.177. The molecule has 6 nitrogen and oxygen atoms in total. The summed E-state index contributed by atoms with van der Waals surface area (Å²) in [5.41, 5.74) is 3.97. The lowest BCUT2D eigenvalue weighted by molar-refractivity contribution is -0.141. The van der Waals surface area contributed by atoms with Crippen LogP contribution in [0.15, 0.2) is 40.2 Å². The summed E-state index contributed by atoms with van der Waals surface area (Å²) in [4.78, 5) is 27.6. The normalized spacial score (nSPS) is 11.6. The fourth-order valence-corrected chi connectivity index (χ4v) is 1.79. The molecule has 2 aromatic rings. The molecule has 0 aliphatic carbocycles. The third-order valence-corrected chi connectivity index (χ3v) is 2.71. The minimum Gasteiger partial charge on any atom is -0.385 e. The van der Waals surface area contributed by atoms with Crippen molar-refractivity contribution in [2.75, 3.05) is 5.73 Å². The molecule has 0 saturated carbocycles. The quantitative estimate of drug-likeness (QED) is 0.899. The van der Waals surface area contributed by atoms with Gasteiger partial charge in [-0.3, -0.25) is 18.9 Å². The molecule has 0 atom stereocenters. The fourth-order valence-electron chi connectivity index (χ4n) is 1.79. The number of anilines is 1. The minimum atomic E-state index is -4.62. The van der Waals surface area contributed by atoms with Gasteiger partial charge in [0.15, 0.2) is 0 Å². The maximum atomic E-state index is 12.4. The van der Waals surface area contributed by atoms with Gasteiger partial charge in [0.05, 0.1) is 6.54 Å². The van der Waals surface area contributed by atoms with Crippen LogP contribution in [0, 0.1) is 0 Å². The number of aromatic nitrogens is 3. The molecule has 2 rings (SSSR count). The third kappa shape index (κ3) is 3.50. The van der Waals surface area contributed by atoms with Crippen LogP contribution >= 0.6 is 0 Å². The lowest BCUT2D eigenvalue weighted by Gasteiger charge is -2.14. The van der Waals surface area contributed by atoms with E-state index in [0.29, 0.717) is 14.7 Å². The highest BCUT2D eigenvalue weighted by Crippen LogP contribution is 2.17. The Labute approximate surface area is 116 Å². The highest BCUT2D eigenvalue weighted by atomic mass is 19.4. The van der Waals surface area contributed by atoms with E-state index in [9.17, 15) is 22.8 Å². The Hall–Kier alpha value is -2.58. The highest BCUT2D eigenvalue weighted by Gasteiger charge is 2.30. The number of nitrogens with two attached hydrogens (primary N) is 1. The average molecular weight is 300 g/mol. The monoisotopic (exact) mass is 300 g/mol. The molecule has 0 radical (unpaired) electrons. The Balaban J connectivity index is 2.50. The van der Waals surface area contributed by atoms with Crippen LogP contribution in [0.3, 0.4) is 0 Å². The maximum absolute atomic E-state index is 12.4. The highest BCUT2D eigenvalue weighted by molar-refractivity contribution is 5.27. The third-order valence-electron chi connectivity index (χ3n) is 2.71. The summed E-state index contributed by atoms with van der Waals surface area (Å²) >= 11 is 0. The van der Waals surface area contributed by atoms with Gasteiger partial charge in [0.2, 0.25) is 0 Å². The molecule has 0 aliphatic heterocycles. The lowest BCUT2D eigenvalue weighted by Crippen LogP contribution is -2.42. The molecule has 0 saturated heterocycles. The molecule has 0 bridgehead atoms. The van der Waals surface area contributed by atoms with E-state index in [1.165, 1.54) is 12.4 Å². The summed E-state index contributed by atoms with van der Waals surface area (Å²) in [6.07, 6.45) is -1.71. The molecule has 0 aromatic carbocycles. The molecule has 2 heterocycles. The van der Waals surface area contributed by atoms with Crippen LogP contribution in [0.4, 0.5) is 19.0 Å². The number of pyridine rings is 1. The van der Waals surface area contributed by atoms with E-state index in [2.05, 4.69) is 4.98 Å². The molecule has 0 unspecified atom stereocenters. The van der Waals surface area contributed by atoms with Crippen molar-refractivity contribution in [3.63, 3.8) is 0 Å². The molecule has 0 spiro atoms. The summed E-state index contributed by atoms with van der Waals surface area (Å²) in [6, 6.07) is 3.98. The molecule has 2 aromatic heterocycles. The van der Waals surface area contributed by atoms with Crippen molar-refractivity contribution in [3.05, 3.63) is 57.0 Å². The zero-order valence-corrected chi connectivity index (χ0v) is 10.7. The Morgan fingerprint density at radius 2 is 1.95 bits per heavy atom. The number of nitrogen functional groups attached to an aromatic ring is 1. The molecular weight excluding hydrogens is 289 g/mol. The molecule has 9 heteroatoms. The average Bonchev–Trinajstić information content (AvgIpc) is 2.40. The van der Waals surface area contributed by atoms with Crippen LogP contribution in [0.2, 0.25) is 0 Å². The van der Waals surface area contributed by atoms with Gasteiger partial charge in [-0.1, -0.05) is 6.07 Å². The van der Waals surface area contributed by atoms with Crippen LogP contribution in [0.25, 0.3) is 0 Å². The Morgan fingerprint density at radius 3 is 2.52 bits per heavy atom. The molecule has 0 fully saturated rings. The van der Waals surface area contributed by atoms with E-state index >= 15 is 0 Å². The summed E-state index contributed by atoms with van der Waals surface area (Å²) in [6.45, 7) is -1.73. The number of halogens is 3. The van der Waals surface area contributed by atoms with Crippen molar-refractivity contribution in [2.24, 2.45) is 0 Å². The van der Waals surface area contributed by atoms with Gasteiger partial charge in [0.25, 0.3) is 5.56 Å². The SMILES string of the molecule is Nc1cc(=O)n(Cc2cccnc2)c(=O)n1CC(F)(F)F. The van der Waals surface area contributed by atoms with Gasteiger partial charge in [-0.2, -0.15) is 13.2 Å². The first kappa shape index (κ1) is 14.8. The number of rotatable bonds is 3. The Morgan fingerprint density at radius 1 is 1.24 bits per heavy atom. The van der Waals surface area contributed by atoms with Gasteiger partial charge in [-0.25, -0.2) is 4.79 Å². The van der Waals surface area contributed by atoms with Gasteiger partial charge >= 0.3 is 11.9 Å². The zero-order valence-electron chi connectivity index (χ0n) is 10.7. The van der Waals surface area contributed by atoms with E-state index in [1.807, 2.05) is 0 Å². The first-order valence-electron chi connectivity index (χ1n) is 5.84. The van der Waals surface area contributed by atoms with Crippen LogP contribution < -0.4 is 17.0 Å². The van der Waals surface area contributed by atoms with Crippen molar-refractivity contribution < 1.29 is 13.2 Å². The van der Waals surface area contributed by atoms with E-state index in [0.717, 1.165) is 6.07 Å². The summed E-state index contributed by atoms with van der Waals surface area (Å²) in [5.74, 6) is -0.523. The summed E-state index contributed by atoms with van der Waals surface area (Å²) in [5, 5.41) is 0. The summed E-state index contributed by atoms with van der Waals surface area (Å²) < 4.78 is 38.3. The predicted octanol–water partition coefficient (Wildman–Crippen LogP) is 0.598. The van der Waals surface area contributed by atoms with Crippen LogP contribution in [-0.2, 0) is 13.1 Å². The summed E-state index contributed by atoms with van der Waals surface area (Å²) in [7, 11) is 0. The molecule has 21 heavy (non-hydrogen) atoms. The molecule has 0 aliphatic rings. The predicted molar refractivity (Wildman–Crippen MR) is 68.8 cm³/mol. The Bertz CT molecular complexity index is 750. The maximum Gasteiger partial charge on any atom is 0.406 e. The van der Waals surface area contributed by atoms with Crippen molar-refractivity contribution in [2.45, 2.75) is 19.3 Å². The van der Waals surface area contributed by atoms with Crippen molar-refractivity contribution in [1.82, 2.24) is 14.1 Å². The van der Waals surface area contributed by atoms with E-state index in [1.54, 1.807) is 12.1 Å². The molecule has 2 N–H and O–H groups in total. The van der Waals surface area contributed by atoms with E-state index in [-0.39, 0.29) is 6.54 Å². The number of hydrogen-bond acceptors (Lipinski definition) is 4. The fraction of sp³-hybridized carbons (Fsp3) is 0.250. The Kier molecular flexibility index (Phi) is 3.83. The van der Waals surface area contributed by atoms with Gasteiger partial charge in [0, 0.05) is 18.5 Å². The largest absolute Gasteiger partial charge is 0.406 e. The van der Waals surface area contributed by atoms with Crippen molar-refractivity contribution in [3.8, 4) is 0 Å².